The normalized spacial score (nSPS) is 12.8. The highest BCUT2D eigenvalue weighted by Crippen LogP contribution is 2.23. The van der Waals surface area contributed by atoms with E-state index in [1.165, 1.54) is 5.56 Å². The quantitative estimate of drug-likeness (QED) is 0.578. The van der Waals surface area contributed by atoms with Gasteiger partial charge in [0.2, 0.25) is 5.91 Å². The first-order valence-corrected chi connectivity index (χ1v) is 8.62. The van der Waals surface area contributed by atoms with Crippen LogP contribution in [-0.4, -0.2) is 21.9 Å². The number of aromatic nitrogens is 2. The predicted molar refractivity (Wildman–Crippen MR) is 106 cm³/mol. The third-order valence-corrected chi connectivity index (χ3v) is 4.31. The molecular weight excluding hydrogens is 328 g/mol. The fraction of sp³-hybridized carbons (Fsp3) is 0.300. The molecule has 0 aliphatic heterocycles. The van der Waals surface area contributed by atoms with E-state index in [0.717, 1.165) is 5.69 Å². The number of nitrogens with one attached hydrogen (secondary N) is 4. The number of hydrogen-bond donors (Lipinski definition) is 4. The zero-order valence-electron chi connectivity index (χ0n) is 15.4. The molecule has 0 aliphatic carbocycles. The van der Waals surface area contributed by atoms with Crippen molar-refractivity contribution in [3.8, 4) is 0 Å². The van der Waals surface area contributed by atoms with Crippen LogP contribution >= 0.6 is 0 Å². The Morgan fingerprint density at radius 3 is 2.23 bits per heavy atom. The van der Waals surface area contributed by atoms with Gasteiger partial charge in [-0.3, -0.25) is 4.79 Å². The highest BCUT2D eigenvalue weighted by molar-refractivity contribution is 5.97. The molecule has 0 aliphatic rings. The minimum atomic E-state index is -0.406. The first-order valence-electron chi connectivity index (χ1n) is 8.62. The maximum Gasteiger partial charge on any atom is 0.323 e. The van der Waals surface area contributed by atoms with Crippen molar-refractivity contribution in [1.82, 2.24) is 9.97 Å². The first kappa shape index (κ1) is 17.8. The van der Waals surface area contributed by atoms with Crippen LogP contribution in [0.3, 0.4) is 0 Å². The molecule has 0 fully saturated rings. The van der Waals surface area contributed by atoms with Gasteiger partial charge in [-0.15, -0.1) is 0 Å². The molecule has 1 atom stereocenters. The van der Waals surface area contributed by atoms with E-state index in [4.69, 9.17) is 0 Å². The molecule has 0 bridgehead atoms. The molecule has 3 rings (SSSR count). The third-order valence-electron chi connectivity index (χ3n) is 4.31. The number of hydrogen-bond acceptors (Lipinski definition) is 3. The van der Waals surface area contributed by atoms with Crippen LogP contribution in [0.2, 0.25) is 0 Å². The molecule has 1 unspecified atom stereocenters. The van der Waals surface area contributed by atoms with Crippen LogP contribution in [0.5, 0.6) is 0 Å². The zero-order valence-corrected chi connectivity index (χ0v) is 15.4. The molecule has 3 aromatic rings. The largest absolute Gasteiger partial charge is 0.374 e. The monoisotopic (exact) mass is 352 g/mol. The van der Waals surface area contributed by atoms with E-state index in [1.807, 2.05) is 19.1 Å². The molecule has 2 aromatic carbocycles. The van der Waals surface area contributed by atoms with Crippen LogP contribution in [0.4, 0.5) is 11.4 Å². The van der Waals surface area contributed by atoms with E-state index in [-0.39, 0.29) is 17.0 Å². The highest BCUT2D eigenvalue weighted by atomic mass is 16.2. The Morgan fingerprint density at radius 2 is 1.58 bits per heavy atom. The number of H-pyrrole nitrogens is 2. The Balaban J connectivity index is 1.66. The van der Waals surface area contributed by atoms with Gasteiger partial charge in [0, 0.05) is 11.4 Å². The van der Waals surface area contributed by atoms with Gasteiger partial charge in [0.05, 0.1) is 11.0 Å². The van der Waals surface area contributed by atoms with E-state index in [1.54, 1.807) is 18.2 Å². The number of anilines is 2. The molecule has 136 valence electrons. The summed E-state index contributed by atoms with van der Waals surface area (Å²) < 4.78 is 0. The van der Waals surface area contributed by atoms with Crippen LogP contribution in [0.1, 0.15) is 33.3 Å². The summed E-state index contributed by atoms with van der Waals surface area (Å²) in [5.41, 5.74) is 3.97. The second-order valence-electron chi connectivity index (χ2n) is 7.52. The summed E-state index contributed by atoms with van der Waals surface area (Å²) in [6.07, 6.45) is 0. The highest BCUT2D eigenvalue weighted by Gasteiger charge is 2.15. The SMILES string of the molecule is CC(Nc1ccc(C(C)(C)C)cc1)C(=O)Nc1ccc2[nH]c(=O)[nH]c2c1. The van der Waals surface area contributed by atoms with Gasteiger partial charge < -0.3 is 20.6 Å². The molecular formula is C20H24N4O2. The summed E-state index contributed by atoms with van der Waals surface area (Å²) >= 11 is 0. The Bertz CT molecular complexity index is 977. The Morgan fingerprint density at radius 1 is 0.962 bits per heavy atom. The van der Waals surface area contributed by atoms with Crippen molar-refractivity contribution in [2.75, 3.05) is 10.6 Å². The number of rotatable bonds is 4. The van der Waals surface area contributed by atoms with Crippen molar-refractivity contribution in [2.45, 2.75) is 39.2 Å². The fourth-order valence-corrected chi connectivity index (χ4v) is 2.74. The lowest BCUT2D eigenvalue weighted by molar-refractivity contribution is -0.116. The van der Waals surface area contributed by atoms with Crippen molar-refractivity contribution in [1.29, 1.82) is 0 Å². The van der Waals surface area contributed by atoms with Crippen LogP contribution in [0.25, 0.3) is 11.0 Å². The second kappa shape index (κ2) is 6.71. The molecule has 1 aromatic heterocycles. The molecule has 0 saturated carbocycles. The Kier molecular flexibility index (Phi) is 4.59. The summed E-state index contributed by atoms with van der Waals surface area (Å²) in [4.78, 5) is 29.1. The van der Waals surface area contributed by atoms with E-state index in [2.05, 4.69) is 53.5 Å². The third kappa shape index (κ3) is 3.96. The maximum absolute atomic E-state index is 12.4. The molecule has 0 radical (unpaired) electrons. The average molecular weight is 352 g/mol. The van der Waals surface area contributed by atoms with E-state index in [9.17, 15) is 9.59 Å². The zero-order chi connectivity index (χ0) is 18.9. The standard InChI is InChI=1S/C20H24N4O2/c1-12(21-14-7-5-13(6-8-14)20(2,3)4)18(25)22-15-9-10-16-17(11-15)24-19(26)23-16/h5-12,21H,1-4H3,(H,22,25)(H2,23,24,26). The first-order chi connectivity index (χ1) is 12.2. The number of amides is 1. The molecule has 0 spiro atoms. The van der Waals surface area contributed by atoms with Gasteiger partial charge in [0.1, 0.15) is 6.04 Å². The Hall–Kier alpha value is -3.02. The summed E-state index contributed by atoms with van der Waals surface area (Å²) in [6.45, 7) is 8.31. The number of aromatic amines is 2. The molecule has 6 nitrogen and oxygen atoms in total. The van der Waals surface area contributed by atoms with Crippen LogP contribution < -0.4 is 16.3 Å². The van der Waals surface area contributed by atoms with Crippen molar-refractivity contribution in [3.63, 3.8) is 0 Å². The summed E-state index contributed by atoms with van der Waals surface area (Å²) in [5.74, 6) is -0.151. The van der Waals surface area contributed by atoms with E-state index in [0.29, 0.717) is 16.7 Å². The van der Waals surface area contributed by atoms with Crippen molar-refractivity contribution >= 4 is 28.3 Å². The van der Waals surface area contributed by atoms with Crippen molar-refractivity contribution in [2.24, 2.45) is 0 Å². The lowest BCUT2D eigenvalue weighted by atomic mass is 9.87. The van der Waals surface area contributed by atoms with Gasteiger partial charge in [0.25, 0.3) is 0 Å². The molecule has 1 amide bonds. The number of carbonyl (C=O) groups excluding carboxylic acids is 1. The second-order valence-corrected chi connectivity index (χ2v) is 7.52. The van der Waals surface area contributed by atoms with Crippen molar-refractivity contribution < 1.29 is 4.79 Å². The average Bonchev–Trinajstić information content (AvgIpc) is 2.93. The van der Waals surface area contributed by atoms with Crippen LogP contribution in [-0.2, 0) is 10.2 Å². The molecule has 1 heterocycles. The predicted octanol–water partition coefficient (Wildman–Crippen LogP) is 3.59. The molecule has 4 N–H and O–H groups in total. The van der Waals surface area contributed by atoms with Gasteiger partial charge >= 0.3 is 5.69 Å². The van der Waals surface area contributed by atoms with Gasteiger partial charge in [0.15, 0.2) is 0 Å². The summed E-state index contributed by atoms with van der Waals surface area (Å²) in [7, 11) is 0. The summed E-state index contributed by atoms with van der Waals surface area (Å²) in [5, 5.41) is 6.07. The lowest BCUT2D eigenvalue weighted by Crippen LogP contribution is -2.31. The minimum Gasteiger partial charge on any atom is -0.374 e. The van der Waals surface area contributed by atoms with Crippen LogP contribution in [0, 0.1) is 0 Å². The van der Waals surface area contributed by atoms with Crippen LogP contribution in [0.15, 0.2) is 47.3 Å². The van der Waals surface area contributed by atoms with Gasteiger partial charge in [-0.2, -0.15) is 0 Å². The van der Waals surface area contributed by atoms with Gasteiger partial charge in [-0.05, 0) is 48.2 Å². The molecule has 0 saturated heterocycles. The summed E-state index contributed by atoms with van der Waals surface area (Å²) in [6, 6.07) is 13.0. The molecule has 26 heavy (non-hydrogen) atoms. The minimum absolute atomic E-state index is 0.0966. The Labute approximate surface area is 152 Å². The lowest BCUT2D eigenvalue weighted by Gasteiger charge is -2.20. The van der Waals surface area contributed by atoms with E-state index < -0.39 is 6.04 Å². The molecule has 6 heteroatoms. The van der Waals surface area contributed by atoms with Gasteiger partial charge in [-0.25, -0.2) is 4.79 Å². The number of fused-ring (bicyclic) bond motifs is 1. The topological polar surface area (TPSA) is 89.8 Å². The number of carbonyl (C=O) groups is 1. The van der Waals surface area contributed by atoms with Crippen molar-refractivity contribution in [3.05, 3.63) is 58.5 Å². The van der Waals surface area contributed by atoms with E-state index >= 15 is 0 Å². The fourth-order valence-electron chi connectivity index (χ4n) is 2.74. The van der Waals surface area contributed by atoms with Gasteiger partial charge in [-0.1, -0.05) is 32.9 Å². The smallest absolute Gasteiger partial charge is 0.323 e. The number of benzene rings is 2. The maximum atomic E-state index is 12.4. The number of imidazole rings is 1.